The summed E-state index contributed by atoms with van der Waals surface area (Å²) in [5.41, 5.74) is 0.784. The standard InChI is InChI=1S/C26H31F3N2O5S.C21H30O3/c1-6-12-25(5)14-19(32)21(23(33)35-25)22(24(2,3)4)16-8-7-9-18(13-16)31-37(34)36-20-11-10-17(15-30-20)26(27,28)29;1-7-11-21(6)13-16(22)17(19(23)24-21)18(20(3,4)5)15-10-8-9-14(2)12-15/h7-11,13,15,22,31-32H,6,12,14H2,1-5H3;8-10,12,18,22H,7,11,13H2,1-6H3/t22-,25?,37?;18-,21?/m00/s1. The van der Waals surface area contributed by atoms with Crippen molar-refractivity contribution in [2.24, 2.45) is 10.8 Å². The van der Waals surface area contributed by atoms with E-state index in [1.165, 1.54) is 0 Å². The van der Waals surface area contributed by atoms with Crippen molar-refractivity contribution >= 4 is 28.9 Å². The number of cyclic esters (lactones) is 2. The minimum Gasteiger partial charge on any atom is -0.512 e. The molecule has 2 aromatic carbocycles. The molecule has 3 aromatic rings. The second kappa shape index (κ2) is 19.0. The lowest BCUT2D eigenvalue weighted by Crippen LogP contribution is -2.40. The Morgan fingerprint density at radius 2 is 1.26 bits per heavy atom. The first-order valence-corrected chi connectivity index (χ1v) is 21.6. The van der Waals surface area contributed by atoms with E-state index in [-0.39, 0.29) is 46.7 Å². The molecular weight excluding hydrogens is 810 g/mol. The highest BCUT2D eigenvalue weighted by atomic mass is 32.2. The molecule has 1 aromatic heterocycles. The molecule has 0 saturated carbocycles. The number of aliphatic hydroxyl groups excluding tert-OH is 2. The molecule has 3 N–H and O–H groups in total. The fourth-order valence-corrected chi connectivity index (χ4v) is 8.91. The summed E-state index contributed by atoms with van der Waals surface area (Å²) in [7, 11) is 0. The Morgan fingerprint density at radius 3 is 1.66 bits per heavy atom. The molecule has 0 amide bonds. The average molecular weight is 871 g/mol. The van der Waals surface area contributed by atoms with Crippen molar-refractivity contribution in [3.63, 3.8) is 0 Å². The number of ether oxygens (including phenoxy) is 2. The van der Waals surface area contributed by atoms with E-state index in [9.17, 15) is 37.2 Å². The third-order valence-corrected chi connectivity index (χ3v) is 11.4. The fraction of sp³-hybridized carbons (Fsp3) is 0.511. The summed E-state index contributed by atoms with van der Waals surface area (Å²) in [5, 5.41) is 21.7. The quantitative estimate of drug-likeness (QED) is 0.151. The topological polar surface area (TPSA) is 144 Å². The molecule has 0 bridgehead atoms. The maximum atomic E-state index is 13.1. The van der Waals surface area contributed by atoms with Crippen molar-refractivity contribution < 1.29 is 50.8 Å². The normalized spacial score (nSPS) is 21.4. The number of benzene rings is 2. The number of hydrogen-bond acceptors (Lipinski definition) is 9. The Kier molecular flexibility index (Phi) is 15.2. The SMILES string of the molecule is CCCC1(C)CC(O)=C([C@H](c2cccc(C)c2)C(C)(C)C)C(=O)O1.CCCC1(C)CC(O)=C([C@H](c2cccc(NS(=O)Oc3ccc(C(F)(F)F)cn3)c2)C(C)(C)C)C(=O)O1. The van der Waals surface area contributed by atoms with Crippen molar-refractivity contribution in [3.05, 3.63) is 112 Å². The highest BCUT2D eigenvalue weighted by molar-refractivity contribution is 7.81. The van der Waals surface area contributed by atoms with Crippen LogP contribution < -0.4 is 8.91 Å². The third kappa shape index (κ3) is 12.6. The van der Waals surface area contributed by atoms with Gasteiger partial charge in [-0.3, -0.25) is 4.72 Å². The summed E-state index contributed by atoms with van der Waals surface area (Å²) in [6.07, 6.45) is -0.274. The molecule has 5 atom stereocenters. The van der Waals surface area contributed by atoms with Crippen LogP contribution >= 0.6 is 0 Å². The molecule has 0 fully saturated rings. The first-order valence-electron chi connectivity index (χ1n) is 20.6. The van der Waals surface area contributed by atoms with Gasteiger partial charge in [-0.05, 0) is 73.8 Å². The van der Waals surface area contributed by atoms with Crippen molar-refractivity contribution in [3.8, 4) is 5.88 Å². The largest absolute Gasteiger partial charge is 0.512 e. The van der Waals surface area contributed by atoms with E-state index >= 15 is 0 Å². The fourth-order valence-electron chi connectivity index (χ4n) is 8.29. The van der Waals surface area contributed by atoms with Crippen molar-refractivity contribution in [1.82, 2.24) is 4.98 Å². The molecule has 0 radical (unpaired) electrons. The second-order valence-corrected chi connectivity index (χ2v) is 19.5. The van der Waals surface area contributed by atoms with Gasteiger partial charge in [-0.15, -0.1) is 0 Å². The Bertz CT molecular complexity index is 2140. The number of anilines is 1. The monoisotopic (exact) mass is 870 g/mol. The van der Waals surface area contributed by atoms with E-state index in [1.54, 1.807) is 31.2 Å². The minimum absolute atomic E-state index is 0.00854. The molecule has 0 aliphatic carbocycles. The first-order chi connectivity index (χ1) is 28.2. The summed E-state index contributed by atoms with van der Waals surface area (Å²) in [6, 6.07) is 16.7. The van der Waals surface area contributed by atoms with E-state index in [1.807, 2.05) is 59.7 Å². The van der Waals surface area contributed by atoms with Crippen molar-refractivity contribution in [2.45, 2.75) is 144 Å². The second-order valence-electron chi connectivity index (χ2n) is 18.7. The van der Waals surface area contributed by atoms with Gasteiger partial charge in [0.2, 0.25) is 5.88 Å². The zero-order valence-corrected chi connectivity index (χ0v) is 37.9. The first kappa shape index (κ1) is 48.8. The van der Waals surface area contributed by atoms with Gasteiger partial charge in [-0.2, -0.15) is 17.4 Å². The Hall–Kier alpha value is -4.85. The number of aryl methyl sites for hydroxylation is 1. The molecule has 0 saturated heterocycles. The van der Waals surface area contributed by atoms with E-state index < -0.39 is 51.5 Å². The van der Waals surface area contributed by atoms with E-state index in [2.05, 4.69) is 43.5 Å². The van der Waals surface area contributed by atoms with Crippen LogP contribution in [0.1, 0.15) is 142 Å². The van der Waals surface area contributed by atoms with Crippen LogP contribution in [0.4, 0.5) is 18.9 Å². The maximum absolute atomic E-state index is 13.1. The molecule has 3 heterocycles. The average Bonchev–Trinajstić information content (AvgIpc) is 3.10. The predicted molar refractivity (Wildman–Crippen MR) is 231 cm³/mol. The lowest BCUT2D eigenvalue weighted by Gasteiger charge is -2.39. The van der Waals surface area contributed by atoms with Gasteiger partial charge in [0.05, 0.1) is 16.7 Å². The molecule has 334 valence electrons. The van der Waals surface area contributed by atoms with Gasteiger partial charge in [0.1, 0.15) is 22.7 Å². The Labute approximate surface area is 360 Å². The number of esters is 2. The molecule has 3 unspecified atom stereocenters. The number of hydrogen-bond donors (Lipinski definition) is 3. The minimum atomic E-state index is -4.55. The number of alkyl halides is 3. The molecule has 14 heteroatoms. The van der Waals surface area contributed by atoms with Crippen LogP contribution in [0.15, 0.2) is 89.5 Å². The molecule has 5 rings (SSSR count). The number of carbonyl (C=O) groups is 2. The zero-order valence-electron chi connectivity index (χ0n) is 37.1. The van der Waals surface area contributed by atoms with Crippen LogP contribution in [0.3, 0.4) is 0 Å². The Balaban J connectivity index is 0.000000294. The van der Waals surface area contributed by atoms with Gasteiger partial charge in [-0.25, -0.2) is 14.6 Å². The van der Waals surface area contributed by atoms with Crippen molar-refractivity contribution in [1.29, 1.82) is 0 Å². The highest BCUT2D eigenvalue weighted by Crippen LogP contribution is 2.48. The summed E-state index contributed by atoms with van der Waals surface area (Å²) in [6.45, 7) is 21.9. The number of nitrogens with one attached hydrogen (secondary N) is 1. The van der Waals surface area contributed by atoms with Gasteiger partial charge >= 0.3 is 29.4 Å². The van der Waals surface area contributed by atoms with Crippen LogP contribution in [-0.2, 0) is 36.5 Å². The van der Waals surface area contributed by atoms with Gasteiger partial charge in [0.15, 0.2) is 0 Å². The van der Waals surface area contributed by atoms with Crippen LogP contribution in [0, 0.1) is 17.8 Å². The Morgan fingerprint density at radius 1 is 0.787 bits per heavy atom. The third-order valence-electron chi connectivity index (χ3n) is 10.7. The van der Waals surface area contributed by atoms with Gasteiger partial charge in [0.25, 0.3) is 0 Å². The predicted octanol–water partition coefficient (Wildman–Crippen LogP) is 12.1. The molecule has 2 aliphatic rings. The van der Waals surface area contributed by atoms with E-state index in [0.717, 1.165) is 42.5 Å². The zero-order chi connectivity index (χ0) is 45.7. The number of halogens is 3. The molecular formula is C47H61F3N2O8S. The van der Waals surface area contributed by atoms with Crippen LogP contribution in [-0.4, -0.2) is 42.5 Å². The lowest BCUT2D eigenvalue weighted by atomic mass is 9.70. The summed E-state index contributed by atoms with van der Waals surface area (Å²) >= 11 is -2.17. The summed E-state index contributed by atoms with van der Waals surface area (Å²) in [4.78, 5) is 29.5. The van der Waals surface area contributed by atoms with Gasteiger partial charge < -0.3 is 23.9 Å². The van der Waals surface area contributed by atoms with Crippen LogP contribution in [0.2, 0.25) is 0 Å². The number of aromatic nitrogens is 1. The maximum Gasteiger partial charge on any atom is 0.417 e. The molecule has 61 heavy (non-hydrogen) atoms. The molecule has 10 nitrogen and oxygen atoms in total. The summed E-state index contributed by atoms with van der Waals surface area (Å²) in [5.74, 6) is -1.77. The molecule has 2 aliphatic heterocycles. The van der Waals surface area contributed by atoms with Crippen molar-refractivity contribution in [2.75, 3.05) is 4.72 Å². The van der Waals surface area contributed by atoms with Crippen LogP contribution in [0.5, 0.6) is 5.88 Å². The van der Waals surface area contributed by atoms with Crippen LogP contribution in [0.25, 0.3) is 0 Å². The van der Waals surface area contributed by atoms with Gasteiger partial charge in [-0.1, -0.05) is 110 Å². The number of pyridine rings is 1. The van der Waals surface area contributed by atoms with E-state index in [4.69, 9.17) is 13.7 Å². The number of rotatable bonds is 12. The summed E-state index contributed by atoms with van der Waals surface area (Å²) < 4.78 is 69.9. The lowest BCUT2D eigenvalue weighted by molar-refractivity contribution is -0.159. The van der Waals surface area contributed by atoms with Gasteiger partial charge in [0, 0.05) is 42.6 Å². The number of aliphatic hydroxyl groups is 2. The number of carbonyl (C=O) groups excluding carboxylic acids is 2. The smallest absolute Gasteiger partial charge is 0.417 e. The highest BCUT2D eigenvalue weighted by Gasteiger charge is 2.45. The van der Waals surface area contributed by atoms with E-state index in [0.29, 0.717) is 35.9 Å². The number of nitrogens with zero attached hydrogens (tertiary/aromatic N) is 1. The molecule has 0 spiro atoms.